The molecule has 136 valence electrons. The molecule has 3 rings (SSSR count). The van der Waals surface area contributed by atoms with Gasteiger partial charge in [0.15, 0.2) is 6.10 Å². The minimum Gasteiger partial charge on any atom is -0.422 e. The fourth-order valence-corrected chi connectivity index (χ4v) is 2.83. The zero-order valence-electron chi connectivity index (χ0n) is 14.1. The number of esters is 1. The van der Waals surface area contributed by atoms with Crippen LogP contribution >= 0.6 is 11.3 Å². The van der Waals surface area contributed by atoms with E-state index in [2.05, 4.69) is 10.5 Å². The number of nitrogens with one attached hydrogen (secondary N) is 1. The molecule has 0 unspecified atom stereocenters. The molecule has 0 aliphatic rings. The van der Waals surface area contributed by atoms with Crippen molar-refractivity contribution in [3.8, 4) is 5.75 Å². The van der Waals surface area contributed by atoms with Crippen LogP contribution < -0.4 is 10.2 Å². The summed E-state index contributed by atoms with van der Waals surface area (Å²) in [7, 11) is 0. The summed E-state index contributed by atoms with van der Waals surface area (Å²) in [6.07, 6.45) is 0.0967. The van der Waals surface area contributed by atoms with E-state index in [4.69, 9.17) is 4.74 Å². The summed E-state index contributed by atoms with van der Waals surface area (Å²) in [5, 5.41) is 15.6. The normalized spacial score (nSPS) is 11.9. The minimum atomic E-state index is -1.30. The number of hydrogen-bond donors (Lipinski definition) is 2. The molecular formula is C20H16N2O4S. The quantitative estimate of drug-likeness (QED) is 0.298. The van der Waals surface area contributed by atoms with Gasteiger partial charge in [0.1, 0.15) is 10.6 Å². The van der Waals surface area contributed by atoms with E-state index in [1.165, 1.54) is 17.6 Å². The van der Waals surface area contributed by atoms with Crippen molar-refractivity contribution in [3.63, 3.8) is 0 Å². The lowest BCUT2D eigenvalue weighted by Gasteiger charge is -2.08. The summed E-state index contributed by atoms with van der Waals surface area (Å²) in [6.45, 7) is 0. The molecule has 1 amide bonds. The Morgan fingerprint density at radius 2 is 1.89 bits per heavy atom. The van der Waals surface area contributed by atoms with Gasteiger partial charge < -0.3 is 9.84 Å². The lowest BCUT2D eigenvalue weighted by molar-refractivity contribution is -0.129. The second kappa shape index (κ2) is 8.88. The van der Waals surface area contributed by atoms with E-state index in [9.17, 15) is 14.7 Å². The number of aliphatic hydroxyl groups excluding tert-OH is 1. The Labute approximate surface area is 159 Å². The van der Waals surface area contributed by atoms with Crippen molar-refractivity contribution in [1.82, 2.24) is 5.43 Å². The number of ether oxygens (including phenoxy) is 1. The molecule has 0 aliphatic heterocycles. The second-order valence-corrected chi connectivity index (χ2v) is 6.43. The van der Waals surface area contributed by atoms with Crippen LogP contribution in [0.15, 0.2) is 77.2 Å². The van der Waals surface area contributed by atoms with E-state index < -0.39 is 18.0 Å². The molecule has 0 bridgehead atoms. The largest absolute Gasteiger partial charge is 0.422 e. The number of benzene rings is 2. The summed E-state index contributed by atoms with van der Waals surface area (Å²) in [6, 6.07) is 18.8. The number of nitrogens with zero attached hydrogens (tertiary/aromatic N) is 1. The Morgan fingerprint density at radius 3 is 2.63 bits per heavy atom. The van der Waals surface area contributed by atoms with Crippen molar-refractivity contribution in [2.75, 3.05) is 0 Å². The predicted molar refractivity (Wildman–Crippen MR) is 103 cm³/mol. The monoisotopic (exact) mass is 380 g/mol. The van der Waals surface area contributed by atoms with E-state index in [1.807, 2.05) is 0 Å². The summed E-state index contributed by atoms with van der Waals surface area (Å²) in [4.78, 5) is 24.4. The van der Waals surface area contributed by atoms with Crippen LogP contribution in [0.1, 0.15) is 26.9 Å². The van der Waals surface area contributed by atoms with E-state index >= 15 is 0 Å². The van der Waals surface area contributed by atoms with Gasteiger partial charge in [-0.15, -0.1) is 11.3 Å². The first-order chi connectivity index (χ1) is 13.1. The van der Waals surface area contributed by atoms with Gasteiger partial charge in [-0.05, 0) is 34.7 Å². The molecule has 0 radical (unpaired) electrons. The smallest absolute Gasteiger partial charge is 0.353 e. The lowest BCUT2D eigenvalue weighted by Crippen LogP contribution is -2.25. The van der Waals surface area contributed by atoms with Gasteiger partial charge in [-0.25, -0.2) is 10.2 Å². The van der Waals surface area contributed by atoms with Crippen LogP contribution in [0.2, 0.25) is 0 Å². The minimum absolute atomic E-state index is 0.369. The number of amides is 1. The highest BCUT2D eigenvalue weighted by Crippen LogP contribution is 2.17. The molecular weight excluding hydrogens is 364 g/mol. The Hall–Kier alpha value is -3.29. The van der Waals surface area contributed by atoms with Crippen LogP contribution in [0.25, 0.3) is 0 Å². The van der Waals surface area contributed by atoms with Gasteiger partial charge in [0.2, 0.25) is 0 Å². The average molecular weight is 380 g/mol. The first kappa shape index (κ1) is 18.5. The molecule has 3 aromatic rings. The molecule has 0 spiro atoms. The Bertz CT molecular complexity index is 940. The highest BCUT2D eigenvalue weighted by molar-refractivity contribution is 7.12. The Kier molecular flexibility index (Phi) is 6.09. The number of aliphatic hydroxyl groups is 1. The van der Waals surface area contributed by atoms with Crippen LogP contribution in [-0.4, -0.2) is 23.2 Å². The lowest BCUT2D eigenvalue weighted by atomic mass is 10.1. The van der Waals surface area contributed by atoms with Crippen LogP contribution in [0.4, 0.5) is 0 Å². The third-order valence-corrected chi connectivity index (χ3v) is 4.39. The number of thiophene rings is 1. The average Bonchev–Trinajstić information content (AvgIpc) is 3.23. The number of rotatable bonds is 6. The third kappa shape index (κ3) is 5.10. The molecule has 7 heteroatoms. The van der Waals surface area contributed by atoms with Crippen molar-refractivity contribution < 1.29 is 19.4 Å². The molecule has 1 heterocycles. The number of hydrogen-bond acceptors (Lipinski definition) is 6. The summed E-state index contributed by atoms with van der Waals surface area (Å²) >= 11 is 1.30. The summed E-state index contributed by atoms with van der Waals surface area (Å²) in [5.74, 6) is -0.705. The number of carbonyl (C=O) groups excluding carboxylic acids is 2. The van der Waals surface area contributed by atoms with E-state index in [0.29, 0.717) is 21.8 Å². The van der Waals surface area contributed by atoms with Crippen LogP contribution in [0.3, 0.4) is 0 Å². The topological polar surface area (TPSA) is 88.0 Å². The number of hydrazone groups is 1. The summed E-state index contributed by atoms with van der Waals surface area (Å²) in [5.41, 5.74) is 3.39. The Morgan fingerprint density at radius 1 is 1.07 bits per heavy atom. The summed E-state index contributed by atoms with van der Waals surface area (Å²) < 4.78 is 5.31. The Balaban J connectivity index is 1.59. The van der Waals surface area contributed by atoms with Gasteiger partial charge in [0, 0.05) is 0 Å². The van der Waals surface area contributed by atoms with Crippen molar-refractivity contribution in [2.45, 2.75) is 6.10 Å². The van der Waals surface area contributed by atoms with Gasteiger partial charge in [0.05, 0.1) is 6.21 Å². The van der Waals surface area contributed by atoms with E-state index in [0.717, 1.165) is 0 Å². The highest BCUT2D eigenvalue weighted by atomic mass is 32.1. The molecule has 1 atom stereocenters. The predicted octanol–water partition coefficient (Wildman–Crippen LogP) is 3.15. The molecule has 0 fully saturated rings. The van der Waals surface area contributed by atoms with Gasteiger partial charge in [0.25, 0.3) is 5.91 Å². The molecule has 0 saturated carbocycles. The van der Waals surface area contributed by atoms with Crippen LogP contribution in [0.5, 0.6) is 5.75 Å². The highest BCUT2D eigenvalue weighted by Gasteiger charge is 2.16. The van der Waals surface area contributed by atoms with Gasteiger partial charge in [-0.1, -0.05) is 48.5 Å². The van der Waals surface area contributed by atoms with Gasteiger partial charge >= 0.3 is 5.97 Å². The number of carbonyl (C=O) groups is 2. The van der Waals surface area contributed by atoms with E-state index in [-0.39, 0.29) is 0 Å². The zero-order chi connectivity index (χ0) is 19.1. The molecule has 0 saturated heterocycles. The fraction of sp³-hybridized carbons (Fsp3) is 0.0500. The van der Waals surface area contributed by atoms with Crippen LogP contribution in [0, 0.1) is 0 Å². The van der Waals surface area contributed by atoms with Gasteiger partial charge in [-0.2, -0.15) is 5.10 Å². The maximum atomic E-state index is 12.0. The molecule has 0 aliphatic carbocycles. The molecule has 1 aromatic heterocycles. The first-order valence-electron chi connectivity index (χ1n) is 8.05. The van der Waals surface area contributed by atoms with Crippen molar-refractivity contribution in [2.24, 2.45) is 5.10 Å². The molecule has 2 aromatic carbocycles. The second-order valence-electron chi connectivity index (χ2n) is 5.49. The van der Waals surface area contributed by atoms with Gasteiger partial charge in [-0.3, -0.25) is 4.79 Å². The third-order valence-electron chi connectivity index (χ3n) is 3.54. The zero-order valence-corrected chi connectivity index (χ0v) is 14.9. The molecule has 6 nitrogen and oxygen atoms in total. The first-order valence-corrected chi connectivity index (χ1v) is 8.93. The standard InChI is InChI=1S/C20H16N2O4S/c23-18(15-7-2-1-3-8-15)19(24)22-21-13-14-6-4-9-16(12-14)26-20(25)17-10-5-11-27-17/h1-13,18,23H,(H,22,24)/b21-13-/t18-/m0/s1. The van der Waals surface area contributed by atoms with E-state index in [1.54, 1.807) is 72.1 Å². The van der Waals surface area contributed by atoms with Crippen molar-refractivity contribution >= 4 is 29.4 Å². The fourth-order valence-electron chi connectivity index (χ4n) is 2.23. The maximum absolute atomic E-state index is 12.0. The SMILES string of the molecule is O=C(Oc1cccc(/C=N\NC(=O)[C@@H](O)c2ccccc2)c1)c1cccs1. The van der Waals surface area contributed by atoms with Crippen molar-refractivity contribution in [1.29, 1.82) is 0 Å². The molecule has 2 N–H and O–H groups in total. The van der Waals surface area contributed by atoms with Crippen LogP contribution in [-0.2, 0) is 4.79 Å². The maximum Gasteiger partial charge on any atom is 0.353 e. The van der Waals surface area contributed by atoms with Crippen molar-refractivity contribution in [3.05, 3.63) is 88.1 Å². The molecule has 27 heavy (non-hydrogen) atoms.